The summed E-state index contributed by atoms with van der Waals surface area (Å²) in [5, 5.41) is 2.67. The van der Waals surface area contributed by atoms with Crippen molar-refractivity contribution in [3.05, 3.63) is 33.2 Å². The Morgan fingerprint density at radius 3 is 2.41 bits per heavy atom. The van der Waals surface area contributed by atoms with Crippen LogP contribution in [0.15, 0.2) is 10.9 Å². The van der Waals surface area contributed by atoms with Crippen LogP contribution in [0.5, 0.6) is 0 Å². The summed E-state index contributed by atoms with van der Waals surface area (Å²) >= 11 is 0. The molecule has 0 aliphatic heterocycles. The zero-order chi connectivity index (χ0) is 21.6. The van der Waals surface area contributed by atoms with E-state index in [9.17, 15) is 14.4 Å². The number of carbonyl (C=O) groups is 2. The maximum absolute atomic E-state index is 13.4. The molecule has 1 aromatic heterocycles. The number of rotatable bonds is 8. The molecule has 1 N–H and O–H groups in total. The summed E-state index contributed by atoms with van der Waals surface area (Å²) in [6, 6.07) is 1.72. The van der Waals surface area contributed by atoms with E-state index in [1.54, 1.807) is 19.9 Å². The minimum Gasteiger partial charge on any atom is -0.467 e. The second-order valence-corrected chi connectivity index (χ2v) is 8.62. The summed E-state index contributed by atoms with van der Waals surface area (Å²) in [7, 11) is 1.28. The maximum atomic E-state index is 13.4. The predicted octanol–water partition coefficient (Wildman–Crippen LogP) is 3.62. The molecule has 29 heavy (non-hydrogen) atoms. The molecule has 0 bridgehead atoms. The molecule has 1 aliphatic carbocycles. The third-order valence-electron chi connectivity index (χ3n) is 5.89. The molecule has 0 radical (unpaired) electrons. The van der Waals surface area contributed by atoms with Gasteiger partial charge in [0.15, 0.2) is 0 Å². The summed E-state index contributed by atoms with van der Waals surface area (Å²) in [5.74, 6) is -0.598. The Bertz CT molecular complexity index is 789. The van der Waals surface area contributed by atoms with Gasteiger partial charge in [-0.25, -0.2) is 4.79 Å². The Hall–Kier alpha value is -2.11. The smallest absolute Gasteiger partial charge is 0.330 e. The molecule has 1 heterocycles. The van der Waals surface area contributed by atoms with Gasteiger partial charge in [0.2, 0.25) is 0 Å². The average molecular weight is 405 g/mol. The number of hydrogen-bond donors (Lipinski definition) is 1. The second-order valence-electron chi connectivity index (χ2n) is 8.62. The van der Waals surface area contributed by atoms with Crippen molar-refractivity contribution in [2.45, 2.75) is 91.1 Å². The van der Waals surface area contributed by atoms with Gasteiger partial charge in [0.25, 0.3) is 11.5 Å². The molecular formula is C23H36N2O4. The Morgan fingerprint density at radius 1 is 1.21 bits per heavy atom. The minimum atomic E-state index is -1.21. The molecule has 1 aromatic rings. The fourth-order valence-electron chi connectivity index (χ4n) is 4.24. The van der Waals surface area contributed by atoms with Gasteiger partial charge < -0.3 is 14.6 Å². The lowest BCUT2D eigenvalue weighted by Crippen LogP contribution is -2.51. The number of aromatic nitrogens is 1. The number of carbonyl (C=O) groups excluding carboxylic acids is 2. The first-order chi connectivity index (χ1) is 13.7. The molecule has 1 amide bonds. The summed E-state index contributed by atoms with van der Waals surface area (Å²) in [4.78, 5) is 38.3. The van der Waals surface area contributed by atoms with Crippen LogP contribution in [0.25, 0.3) is 0 Å². The highest BCUT2D eigenvalue weighted by Crippen LogP contribution is 2.26. The van der Waals surface area contributed by atoms with E-state index in [4.69, 9.17) is 4.74 Å². The van der Waals surface area contributed by atoms with Crippen LogP contribution in [0, 0.1) is 5.92 Å². The van der Waals surface area contributed by atoms with Crippen molar-refractivity contribution < 1.29 is 14.3 Å². The highest BCUT2D eigenvalue weighted by Gasteiger charge is 2.32. The molecule has 0 spiro atoms. The maximum Gasteiger partial charge on any atom is 0.330 e. The van der Waals surface area contributed by atoms with Crippen molar-refractivity contribution in [2.24, 2.45) is 5.92 Å². The van der Waals surface area contributed by atoms with E-state index in [1.807, 2.05) is 11.5 Å². The number of pyridine rings is 1. The molecule has 2 rings (SSSR count). The zero-order valence-corrected chi connectivity index (χ0v) is 18.6. The van der Waals surface area contributed by atoms with E-state index in [-0.39, 0.29) is 11.1 Å². The van der Waals surface area contributed by atoms with Crippen molar-refractivity contribution in [1.82, 2.24) is 9.88 Å². The predicted molar refractivity (Wildman–Crippen MR) is 114 cm³/mol. The first-order valence-electron chi connectivity index (χ1n) is 10.9. The highest BCUT2D eigenvalue weighted by molar-refractivity contribution is 5.97. The SMILES string of the molecule is CCCc1c(CC)cc(C(=O)NC(C)(C)C(=O)OC)c(=O)n1CC1CCCCC1. The molecule has 1 saturated carbocycles. The Balaban J connectivity index is 2.47. The van der Waals surface area contributed by atoms with Crippen LogP contribution >= 0.6 is 0 Å². The topological polar surface area (TPSA) is 77.4 Å². The molecule has 6 nitrogen and oxygen atoms in total. The highest BCUT2D eigenvalue weighted by atomic mass is 16.5. The fraction of sp³-hybridized carbons (Fsp3) is 0.696. The van der Waals surface area contributed by atoms with Crippen molar-refractivity contribution >= 4 is 11.9 Å². The standard InChI is InChI=1S/C23H36N2O4/c1-6-11-19-17(7-2)14-18(20(26)24-23(3,4)22(28)29-5)21(27)25(19)15-16-12-9-8-10-13-16/h14,16H,6-13,15H2,1-5H3,(H,24,26). The van der Waals surface area contributed by atoms with Crippen LogP contribution in [-0.4, -0.2) is 29.1 Å². The summed E-state index contributed by atoms with van der Waals surface area (Å²) in [5.41, 5.74) is 0.725. The van der Waals surface area contributed by atoms with Crippen LogP contribution in [0.2, 0.25) is 0 Å². The number of ether oxygens (including phenoxy) is 1. The van der Waals surface area contributed by atoms with Gasteiger partial charge in [0.1, 0.15) is 11.1 Å². The molecule has 1 fully saturated rings. The molecular weight excluding hydrogens is 368 g/mol. The number of hydrogen-bond acceptors (Lipinski definition) is 4. The van der Waals surface area contributed by atoms with Gasteiger partial charge >= 0.3 is 5.97 Å². The first-order valence-corrected chi connectivity index (χ1v) is 10.9. The van der Waals surface area contributed by atoms with Gasteiger partial charge in [-0.05, 0) is 57.1 Å². The number of nitrogens with one attached hydrogen (secondary N) is 1. The second kappa shape index (κ2) is 10.1. The third-order valence-corrected chi connectivity index (χ3v) is 5.89. The number of amides is 1. The van der Waals surface area contributed by atoms with Gasteiger partial charge in [0, 0.05) is 12.2 Å². The van der Waals surface area contributed by atoms with Gasteiger partial charge in [0.05, 0.1) is 7.11 Å². The van der Waals surface area contributed by atoms with E-state index < -0.39 is 17.4 Å². The van der Waals surface area contributed by atoms with Crippen molar-refractivity contribution in [2.75, 3.05) is 7.11 Å². The van der Waals surface area contributed by atoms with Gasteiger partial charge in [-0.1, -0.05) is 39.5 Å². The lowest BCUT2D eigenvalue weighted by atomic mass is 9.89. The minimum absolute atomic E-state index is 0.106. The van der Waals surface area contributed by atoms with E-state index in [0.717, 1.165) is 43.4 Å². The number of esters is 1. The summed E-state index contributed by atoms with van der Waals surface area (Å²) in [6.07, 6.45) is 8.45. The number of aryl methyl sites for hydroxylation is 1. The van der Waals surface area contributed by atoms with E-state index in [2.05, 4.69) is 12.2 Å². The van der Waals surface area contributed by atoms with Gasteiger partial charge in [-0.3, -0.25) is 9.59 Å². The monoisotopic (exact) mass is 404 g/mol. The van der Waals surface area contributed by atoms with Crippen LogP contribution in [0.4, 0.5) is 0 Å². The summed E-state index contributed by atoms with van der Waals surface area (Å²) < 4.78 is 6.61. The Labute approximate surface area is 174 Å². The van der Waals surface area contributed by atoms with Gasteiger partial charge in [-0.15, -0.1) is 0 Å². The summed E-state index contributed by atoms with van der Waals surface area (Å²) in [6.45, 7) is 7.97. The largest absolute Gasteiger partial charge is 0.467 e. The lowest BCUT2D eigenvalue weighted by molar-refractivity contribution is -0.146. The lowest BCUT2D eigenvalue weighted by Gasteiger charge is -2.26. The van der Waals surface area contributed by atoms with Crippen molar-refractivity contribution in [3.8, 4) is 0 Å². The first kappa shape index (κ1) is 23.2. The number of methoxy groups -OCH3 is 1. The molecule has 0 saturated heterocycles. The van der Waals surface area contributed by atoms with Crippen molar-refractivity contribution in [3.63, 3.8) is 0 Å². The van der Waals surface area contributed by atoms with Crippen LogP contribution in [0.3, 0.4) is 0 Å². The zero-order valence-electron chi connectivity index (χ0n) is 18.6. The average Bonchev–Trinajstić information content (AvgIpc) is 2.70. The van der Waals surface area contributed by atoms with Crippen molar-refractivity contribution in [1.29, 1.82) is 0 Å². The quantitative estimate of drug-likeness (QED) is 0.671. The fourth-order valence-corrected chi connectivity index (χ4v) is 4.24. The van der Waals surface area contributed by atoms with Crippen LogP contribution < -0.4 is 10.9 Å². The third kappa shape index (κ3) is 5.49. The number of nitrogens with zero attached hydrogens (tertiary/aromatic N) is 1. The Kier molecular flexibility index (Phi) is 8.05. The molecule has 0 unspecified atom stereocenters. The van der Waals surface area contributed by atoms with Crippen LogP contribution in [-0.2, 0) is 28.9 Å². The van der Waals surface area contributed by atoms with E-state index >= 15 is 0 Å². The molecule has 1 aliphatic rings. The molecule has 6 heteroatoms. The van der Waals surface area contributed by atoms with E-state index in [1.165, 1.54) is 26.4 Å². The van der Waals surface area contributed by atoms with E-state index in [0.29, 0.717) is 12.5 Å². The Morgan fingerprint density at radius 2 is 1.86 bits per heavy atom. The molecule has 0 aromatic carbocycles. The normalized spacial score (nSPS) is 15.2. The van der Waals surface area contributed by atoms with Gasteiger partial charge in [-0.2, -0.15) is 0 Å². The molecule has 0 atom stereocenters. The van der Waals surface area contributed by atoms with Crippen LogP contribution in [0.1, 0.15) is 87.8 Å². The molecule has 162 valence electrons.